The van der Waals surface area contributed by atoms with Gasteiger partial charge in [0.05, 0.1) is 6.61 Å². The van der Waals surface area contributed by atoms with Crippen LogP contribution in [-0.4, -0.2) is 35.7 Å². The molecule has 1 aromatic rings. The summed E-state index contributed by atoms with van der Waals surface area (Å²) < 4.78 is 0. The van der Waals surface area contributed by atoms with Crippen molar-refractivity contribution in [3.63, 3.8) is 0 Å². The average molecular weight is 234 g/mol. The van der Waals surface area contributed by atoms with Crippen LogP contribution >= 0.6 is 0 Å². The third-order valence-corrected chi connectivity index (χ3v) is 3.61. The third-order valence-electron chi connectivity index (χ3n) is 3.61. The molecule has 1 aliphatic rings. The maximum absolute atomic E-state index is 9.12. The van der Waals surface area contributed by atoms with Crippen LogP contribution in [-0.2, 0) is 6.54 Å². The zero-order chi connectivity index (χ0) is 12.1. The first-order chi connectivity index (χ1) is 8.29. The summed E-state index contributed by atoms with van der Waals surface area (Å²) >= 11 is 0. The normalized spacial score (nSPS) is 23.5. The number of nitrogens with zero attached hydrogens (tertiary/aromatic N) is 1. The Morgan fingerprint density at radius 3 is 2.82 bits per heavy atom. The Labute approximate surface area is 103 Å². The predicted octanol–water partition coefficient (Wildman–Crippen LogP) is 1.22. The maximum atomic E-state index is 9.12. The summed E-state index contributed by atoms with van der Waals surface area (Å²) in [5.41, 5.74) is 7.28. The molecule has 1 fully saturated rings. The molecule has 0 saturated carbocycles. The molecule has 1 aromatic carbocycles. The lowest BCUT2D eigenvalue weighted by molar-refractivity contribution is 0.125. The van der Waals surface area contributed by atoms with Crippen molar-refractivity contribution in [3.8, 4) is 0 Å². The highest BCUT2D eigenvalue weighted by Gasteiger charge is 2.24. The highest BCUT2D eigenvalue weighted by molar-refractivity contribution is 5.14. The summed E-state index contributed by atoms with van der Waals surface area (Å²) in [7, 11) is 0. The van der Waals surface area contributed by atoms with Gasteiger partial charge in [0.15, 0.2) is 0 Å². The van der Waals surface area contributed by atoms with Gasteiger partial charge in [-0.2, -0.15) is 0 Å². The molecular formula is C14H22N2O. The van der Waals surface area contributed by atoms with Crippen molar-refractivity contribution in [2.24, 2.45) is 11.7 Å². The minimum atomic E-state index is -0.0615. The summed E-state index contributed by atoms with van der Waals surface area (Å²) in [4.78, 5) is 2.44. The molecule has 1 aliphatic heterocycles. The number of aliphatic hydroxyl groups excluding tert-OH is 1. The molecule has 3 nitrogen and oxygen atoms in total. The fourth-order valence-electron chi connectivity index (χ4n) is 2.58. The van der Waals surface area contributed by atoms with Gasteiger partial charge in [-0.1, -0.05) is 30.3 Å². The van der Waals surface area contributed by atoms with Gasteiger partial charge < -0.3 is 10.8 Å². The standard InChI is InChI=1S/C14H22N2O/c15-14(11-17)13-7-4-8-16(10-13)9-12-5-2-1-3-6-12/h1-3,5-6,13-14,17H,4,7-11,15H2. The molecule has 0 radical (unpaired) electrons. The summed E-state index contributed by atoms with van der Waals surface area (Å²) in [6.45, 7) is 3.25. The number of hydrogen-bond acceptors (Lipinski definition) is 3. The highest BCUT2D eigenvalue weighted by Crippen LogP contribution is 2.20. The molecule has 94 valence electrons. The van der Waals surface area contributed by atoms with Gasteiger partial charge in [0.25, 0.3) is 0 Å². The van der Waals surface area contributed by atoms with Crippen molar-refractivity contribution in [3.05, 3.63) is 35.9 Å². The fraction of sp³-hybridized carbons (Fsp3) is 0.571. The minimum absolute atomic E-state index is 0.0615. The number of aliphatic hydroxyl groups is 1. The first-order valence-corrected chi connectivity index (χ1v) is 6.42. The molecular weight excluding hydrogens is 212 g/mol. The summed E-state index contributed by atoms with van der Waals surface area (Å²) in [6.07, 6.45) is 2.33. The van der Waals surface area contributed by atoms with E-state index in [1.165, 1.54) is 12.0 Å². The molecule has 3 N–H and O–H groups in total. The van der Waals surface area contributed by atoms with Crippen molar-refractivity contribution in [1.82, 2.24) is 4.90 Å². The second-order valence-corrected chi connectivity index (χ2v) is 4.97. The van der Waals surface area contributed by atoms with Crippen LogP contribution in [0.3, 0.4) is 0 Å². The van der Waals surface area contributed by atoms with Gasteiger partial charge in [0, 0.05) is 19.1 Å². The van der Waals surface area contributed by atoms with Crippen LogP contribution < -0.4 is 5.73 Å². The minimum Gasteiger partial charge on any atom is -0.395 e. The number of nitrogens with two attached hydrogens (primary N) is 1. The van der Waals surface area contributed by atoms with Gasteiger partial charge in [-0.3, -0.25) is 4.90 Å². The molecule has 1 heterocycles. The summed E-state index contributed by atoms with van der Waals surface area (Å²) in [6, 6.07) is 10.5. The second-order valence-electron chi connectivity index (χ2n) is 4.97. The van der Waals surface area contributed by atoms with Crippen molar-refractivity contribution in [2.45, 2.75) is 25.4 Å². The quantitative estimate of drug-likeness (QED) is 0.823. The van der Waals surface area contributed by atoms with Crippen LogP contribution in [0.25, 0.3) is 0 Å². The number of hydrogen-bond donors (Lipinski definition) is 2. The van der Waals surface area contributed by atoms with Crippen LogP contribution in [0.5, 0.6) is 0 Å². The Balaban J connectivity index is 1.89. The molecule has 0 spiro atoms. The third kappa shape index (κ3) is 3.53. The Morgan fingerprint density at radius 1 is 1.35 bits per heavy atom. The first-order valence-electron chi connectivity index (χ1n) is 6.42. The van der Waals surface area contributed by atoms with Gasteiger partial charge in [0.2, 0.25) is 0 Å². The topological polar surface area (TPSA) is 49.5 Å². The summed E-state index contributed by atoms with van der Waals surface area (Å²) in [5, 5.41) is 9.12. The number of rotatable bonds is 4. The van der Waals surface area contributed by atoms with E-state index in [-0.39, 0.29) is 12.6 Å². The van der Waals surface area contributed by atoms with Crippen molar-refractivity contribution in [2.75, 3.05) is 19.7 Å². The Hall–Kier alpha value is -0.900. The molecule has 17 heavy (non-hydrogen) atoms. The number of piperidine rings is 1. The number of benzene rings is 1. The Morgan fingerprint density at radius 2 is 2.12 bits per heavy atom. The molecule has 2 rings (SSSR count). The highest BCUT2D eigenvalue weighted by atomic mass is 16.3. The Kier molecular flexibility index (Phi) is 4.54. The van der Waals surface area contributed by atoms with Gasteiger partial charge in [-0.05, 0) is 30.9 Å². The molecule has 2 unspecified atom stereocenters. The zero-order valence-corrected chi connectivity index (χ0v) is 10.3. The van der Waals surface area contributed by atoms with E-state index in [1.807, 2.05) is 6.07 Å². The maximum Gasteiger partial charge on any atom is 0.0585 e. The van der Waals surface area contributed by atoms with E-state index in [4.69, 9.17) is 10.8 Å². The van der Waals surface area contributed by atoms with E-state index in [0.717, 1.165) is 26.1 Å². The van der Waals surface area contributed by atoms with E-state index < -0.39 is 0 Å². The largest absolute Gasteiger partial charge is 0.395 e. The second kappa shape index (κ2) is 6.15. The van der Waals surface area contributed by atoms with E-state index in [9.17, 15) is 0 Å². The molecule has 0 aromatic heterocycles. The van der Waals surface area contributed by atoms with Crippen molar-refractivity contribution < 1.29 is 5.11 Å². The van der Waals surface area contributed by atoms with Crippen LogP contribution in [0.15, 0.2) is 30.3 Å². The van der Waals surface area contributed by atoms with Gasteiger partial charge in [0.1, 0.15) is 0 Å². The van der Waals surface area contributed by atoms with Crippen LogP contribution in [0, 0.1) is 5.92 Å². The molecule has 3 heteroatoms. The van der Waals surface area contributed by atoms with E-state index in [2.05, 4.69) is 29.2 Å². The van der Waals surface area contributed by atoms with E-state index >= 15 is 0 Å². The predicted molar refractivity (Wildman–Crippen MR) is 69.5 cm³/mol. The van der Waals surface area contributed by atoms with Crippen molar-refractivity contribution in [1.29, 1.82) is 0 Å². The molecule has 1 saturated heterocycles. The van der Waals surface area contributed by atoms with E-state index in [0.29, 0.717) is 5.92 Å². The SMILES string of the molecule is NC(CO)C1CCCN(Cc2ccccc2)C1. The number of likely N-dealkylation sites (tertiary alicyclic amines) is 1. The van der Waals surface area contributed by atoms with Crippen LogP contribution in [0.4, 0.5) is 0 Å². The smallest absolute Gasteiger partial charge is 0.0585 e. The van der Waals surface area contributed by atoms with Crippen molar-refractivity contribution >= 4 is 0 Å². The first kappa shape index (κ1) is 12.6. The lowest BCUT2D eigenvalue weighted by Crippen LogP contribution is -2.44. The summed E-state index contributed by atoms with van der Waals surface area (Å²) in [5.74, 6) is 0.442. The van der Waals surface area contributed by atoms with Gasteiger partial charge in [-0.15, -0.1) is 0 Å². The molecule has 0 amide bonds. The molecule has 0 bridgehead atoms. The lowest BCUT2D eigenvalue weighted by Gasteiger charge is -2.35. The fourth-order valence-corrected chi connectivity index (χ4v) is 2.58. The monoisotopic (exact) mass is 234 g/mol. The van der Waals surface area contributed by atoms with Gasteiger partial charge >= 0.3 is 0 Å². The zero-order valence-electron chi connectivity index (χ0n) is 10.3. The molecule has 2 atom stereocenters. The van der Waals surface area contributed by atoms with Crippen LogP contribution in [0.2, 0.25) is 0 Å². The molecule has 0 aliphatic carbocycles. The Bertz CT molecular complexity index is 328. The van der Waals surface area contributed by atoms with Crippen LogP contribution in [0.1, 0.15) is 18.4 Å². The lowest BCUT2D eigenvalue weighted by atomic mass is 9.91. The average Bonchev–Trinajstić information content (AvgIpc) is 2.39. The van der Waals surface area contributed by atoms with Gasteiger partial charge in [-0.25, -0.2) is 0 Å². The van der Waals surface area contributed by atoms with E-state index in [1.54, 1.807) is 0 Å².